The Kier molecular flexibility index (Phi) is 6.05. The molecule has 2 aliphatic rings. The first-order valence-electron chi connectivity index (χ1n) is 7.51. The fourth-order valence-corrected chi connectivity index (χ4v) is 4.29. The molecule has 2 aliphatic heterocycles. The van der Waals surface area contributed by atoms with Crippen molar-refractivity contribution in [2.45, 2.75) is 62.8 Å². The molecule has 1 spiro atoms. The molecule has 0 amide bonds. The summed E-state index contributed by atoms with van der Waals surface area (Å²) < 4.78 is 42.1. The largest absolute Gasteiger partial charge is 0.389 e. The van der Waals surface area contributed by atoms with Crippen molar-refractivity contribution in [3.05, 3.63) is 0 Å². The number of alkyl halides is 3. The highest BCUT2D eigenvalue weighted by Crippen LogP contribution is 2.37. The fourth-order valence-electron chi connectivity index (χ4n) is 3.05. The van der Waals surface area contributed by atoms with E-state index in [4.69, 9.17) is 4.74 Å². The van der Waals surface area contributed by atoms with Gasteiger partial charge in [-0.15, -0.1) is 0 Å². The molecular weight excluding hydrogens is 287 g/mol. The van der Waals surface area contributed by atoms with Crippen molar-refractivity contribution in [3.8, 4) is 0 Å². The minimum atomic E-state index is -4.01. The molecule has 2 rings (SSSR count). The van der Waals surface area contributed by atoms with Crippen LogP contribution in [0.1, 0.15) is 44.9 Å². The molecule has 1 unspecified atom stereocenters. The molecule has 0 radical (unpaired) electrons. The highest BCUT2D eigenvalue weighted by atomic mass is 32.2. The van der Waals surface area contributed by atoms with Gasteiger partial charge in [-0.05, 0) is 56.6 Å². The van der Waals surface area contributed by atoms with Gasteiger partial charge in [-0.2, -0.15) is 24.9 Å². The lowest BCUT2D eigenvalue weighted by Gasteiger charge is -2.43. The molecule has 2 fully saturated rings. The Hall–Kier alpha value is 0.0600. The summed E-state index contributed by atoms with van der Waals surface area (Å²) in [5.41, 5.74) is 0.0487. The van der Waals surface area contributed by atoms with E-state index >= 15 is 0 Å². The molecule has 0 aromatic carbocycles. The molecular formula is C14H24F3NOS. The van der Waals surface area contributed by atoms with Crippen molar-refractivity contribution in [3.63, 3.8) is 0 Å². The quantitative estimate of drug-likeness (QED) is 0.781. The number of ether oxygens (including phenoxy) is 1. The predicted molar refractivity (Wildman–Crippen MR) is 76.2 cm³/mol. The lowest BCUT2D eigenvalue weighted by Crippen LogP contribution is -2.49. The van der Waals surface area contributed by atoms with Crippen LogP contribution in [0.2, 0.25) is 0 Å². The molecule has 0 aliphatic carbocycles. The summed E-state index contributed by atoms with van der Waals surface area (Å²) in [5, 5.41) is 3.43. The monoisotopic (exact) mass is 311 g/mol. The van der Waals surface area contributed by atoms with E-state index in [1.807, 2.05) is 11.8 Å². The minimum Gasteiger partial charge on any atom is -0.375 e. The summed E-state index contributed by atoms with van der Waals surface area (Å²) in [6.07, 6.45) is 0.377. The first-order valence-corrected chi connectivity index (χ1v) is 8.66. The number of thioether (sulfide) groups is 1. The zero-order valence-corrected chi connectivity index (χ0v) is 12.6. The van der Waals surface area contributed by atoms with Crippen molar-refractivity contribution in [1.29, 1.82) is 0 Å². The van der Waals surface area contributed by atoms with Gasteiger partial charge in [0, 0.05) is 19.1 Å². The van der Waals surface area contributed by atoms with Gasteiger partial charge in [-0.3, -0.25) is 0 Å². The first kappa shape index (κ1) is 16.4. The number of unbranched alkanes of at least 4 members (excludes halogenated alkanes) is 1. The average Bonchev–Trinajstić information content (AvgIpc) is 2.38. The number of hydrogen-bond donors (Lipinski definition) is 1. The van der Waals surface area contributed by atoms with Crippen LogP contribution in [0.4, 0.5) is 13.2 Å². The molecule has 118 valence electrons. The van der Waals surface area contributed by atoms with Gasteiger partial charge in [0.05, 0.1) is 5.60 Å². The molecule has 2 saturated heterocycles. The second kappa shape index (κ2) is 7.36. The second-order valence-electron chi connectivity index (χ2n) is 5.86. The molecule has 0 aromatic rings. The Balaban J connectivity index is 1.63. The van der Waals surface area contributed by atoms with E-state index in [2.05, 4.69) is 5.32 Å². The van der Waals surface area contributed by atoms with Crippen LogP contribution < -0.4 is 5.32 Å². The summed E-state index contributed by atoms with van der Waals surface area (Å²) in [5.74, 6) is 2.33. The van der Waals surface area contributed by atoms with E-state index in [9.17, 15) is 13.2 Å². The maximum absolute atomic E-state index is 12.0. The Morgan fingerprint density at radius 2 is 1.95 bits per heavy atom. The van der Waals surface area contributed by atoms with Crippen molar-refractivity contribution in [2.75, 3.05) is 24.7 Å². The topological polar surface area (TPSA) is 21.3 Å². The van der Waals surface area contributed by atoms with E-state index in [-0.39, 0.29) is 12.0 Å². The first-order chi connectivity index (χ1) is 9.49. The van der Waals surface area contributed by atoms with Crippen LogP contribution in [0.5, 0.6) is 0 Å². The van der Waals surface area contributed by atoms with Crippen molar-refractivity contribution in [2.24, 2.45) is 0 Å². The maximum atomic E-state index is 12.0. The van der Waals surface area contributed by atoms with E-state index in [1.54, 1.807) is 0 Å². The highest BCUT2D eigenvalue weighted by molar-refractivity contribution is 7.99. The third-order valence-electron chi connectivity index (χ3n) is 4.22. The lowest BCUT2D eigenvalue weighted by molar-refractivity contribution is -0.135. The smallest absolute Gasteiger partial charge is 0.375 e. The van der Waals surface area contributed by atoms with E-state index < -0.39 is 12.6 Å². The van der Waals surface area contributed by atoms with E-state index in [0.29, 0.717) is 19.0 Å². The Labute approximate surface area is 123 Å². The van der Waals surface area contributed by atoms with Gasteiger partial charge >= 0.3 is 6.18 Å². The molecule has 20 heavy (non-hydrogen) atoms. The molecule has 1 atom stereocenters. The Bertz CT molecular complexity index is 287. The molecule has 6 heteroatoms. The van der Waals surface area contributed by atoms with Crippen molar-refractivity contribution in [1.82, 2.24) is 5.32 Å². The minimum absolute atomic E-state index is 0.0487. The van der Waals surface area contributed by atoms with E-state index in [0.717, 1.165) is 43.8 Å². The Morgan fingerprint density at radius 1 is 1.20 bits per heavy atom. The number of nitrogens with one attached hydrogen (secondary N) is 1. The summed E-state index contributed by atoms with van der Waals surface area (Å²) in [6.45, 7) is 1.47. The van der Waals surface area contributed by atoms with Crippen molar-refractivity contribution < 1.29 is 17.9 Å². The van der Waals surface area contributed by atoms with Gasteiger partial charge in [0.15, 0.2) is 0 Å². The fraction of sp³-hybridized carbons (Fsp3) is 1.00. The molecule has 0 saturated carbocycles. The number of hydrogen-bond acceptors (Lipinski definition) is 3. The van der Waals surface area contributed by atoms with Gasteiger partial charge in [0.2, 0.25) is 0 Å². The summed E-state index contributed by atoms with van der Waals surface area (Å²) in [7, 11) is 0. The summed E-state index contributed by atoms with van der Waals surface area (Å²) in [6, 6.07) is 0.415. The van der Waals surface area contributed by atoms with Gasteiger partial charge in [0.1, 0.15) is 0 Å². The maximum Gasteiger partial charge on any atom is 0.389 e. The molecule has 0 aromatic heterocycles. The zero-order valence-electron chi connectivity index (χ0n) is 11.8. The number of rotatable bonds is 5. The second-order valence-corrected chi connectivity index (χ2v) is 7.08. The standard InChI is InChI=1S/C14H24F3NOS/c15-14(16,17)4-1-2-7-18-12-3-8-19-13(11-12)5-9-20-10-6-13/h12,18H,1-11H2. The van der Waals surface area contributed by atoms with Crippen LogP contribution in [-0.4, -0.2) is 42.5 Å². The molecule has 0 bridgehead atoms. The summed E-state index contributed by atoms with van der Waals surface area (Å²) >= 11 is 1.98. The van der Waals surface area contributed by atoms with Crippen molar-refractivity contribution >= 4 is 11.8 Å². The van der Waals surface area contributed by atoms with Gasteiger partial charge < -0.3 is 10.1 Å². The lowest BCUT2D eigenvalue weighted by atomic mass is 9.85. The SMILES string of the molecule is FC(F)(F)CCCCNC1CCOC2(CCSCC2)C1. The third-order valence-corrected chi connectivity index (χ3v) is 5.20. The zero-order chi connectivity index (χ0) is 14.5. The number of halogens is 3. The van der Waals surface area contributed by atoms with Crippen LogP contribution in [0.15, 0.2) is 0 Å². The predicted octanol–water partition coefficient (Wildman–Crippen LogP) is 3.75. The molecule has 2 heterocycles. The highest BCUT2D eigenvalue weighted by Gasteiger charge is 2.38. The molecule has 1 N–H and O–H groups in total. The van der Waals surface area contributed by atoms with Crippen LogP contribution in [0, 0.1) is 0 Å². The molecule has 2 nitrogen and oxygen atoms in total. The average molecular weight is 311 g/mol. The van der Waals surface area contributed by atoms with Crippen LogP contribution >= 0.6 is 11.8 Å². The third kappa shape index (κ3) is 5.45. The van der Waals surface area contributed by atoms with Crippen LogP contribution in [0.3, 0.4) is 0 Å². The van der Waals surface area contributed by atoms with E-state index in [1.165, 1.54) is 0 Å². The Morgan fingerprint density at radius 3 is 2.65 bits per heavy atom. The summed E-state index contributed by atoms with van der Waals surface area (Å²) in [4.78, 5) is 0. The van der Waals surface area contributed by atoms with Crippen LogP contribution in [-0.2, 0) is 4.74 Å². The van der Waals surface area contributed by atoms with Gasteiger partial charge in [-0.25, -0.2) is 0 Å². The normalized spacial score (nSPS) is 26.9. The van der Waals surface area contributed by atoms with Gasteiger partial charge in [0.25, 0.3) is 0 Å². The van der Waals surface area contributed by atoms with Crippen LogP contribution in [0.25, 0.3) is 0 Å². The van der Waals surface area contributed by atoms with Gasteiger partial charge in [-0.1, -0.05) is 0 Å².